The quantitative estimate of drug-likeness (QED) is 0.637. The number of thiazole rings is 1. The second kappa shape index (κ2) is 4.90. The molecule has 0 atom stereocenters. The van der Waals surface area contributed by atoms with Gasteiger partial charge in [0.15, 0.2) is 4.34 Å². The monoisotopic (exact) mass is 257 g/mol. The first kappa shape index (κ1) is 10.8. The lowest BCUT2D eigenvalue weighted by atomic mass is 10.2. The zero-order chi connectivity index (χ0) is 11.5. The second-order valence-corrected chi connectivity index (χ2v) is 5.97. The van der Waals surface area contributed by atoms with Crippen molar-refractivity contribution >= 4 is 33.3 Å². The molecule has 0 bridgehead atoms. The molecule has 1 nitrogen and oxygen atoms in total. The van der Waals surface area contributed by atoms with E-state index in [0.717, 1.165) is 15.6 Å². The molecule has 0 aliphatic rings. The molecular weight excluding hydrogens is 246 g/mol. The van der Waals surface area contributed by atoms with Crippen molar-refractivity contribution in [1.82, 2.24) is 4.98 Å². The Morgan fingerprint density at radius 2 is 1.71 bits per heavy atom. The third-order valence-electron chi connectivity index (χ3n) is 2.48. The molecule has 1 aromatic heterocycles. The largest absolute Gasteiger partial charge is 0.230 e. The Morgan fingerprint density at radius 1 is 0.941 bits per heavy atom. The normalized spacial score (nSPS) is 10.8. The van der Waals surface area contributed by atoms with Crippen LogP contribution in [0.1, 0.15) is 5.56 Å². The van der Waals surface area contributed by atoms with Gasteiger partial charge in [0.1, 0.15) is 0 Å². The molecular formula is C14H11NS2. The zero-order valence-electron chi connectivity index (χ0n) is 9.17. The van der Waals surface area contributed by atoms with Gasteiger partial charge in [0.25, 0.3) is 0 Å². The van der Waals surface area contributed by atoms with E-state index >= 15 is 0 Å². The lowest BCUT2D eigenvalue weighted by Crippen LogP contribution is -1.78. The number of hydrogen-bond donors (Lipinski definition) is 0. The van der Waals surface area contributed by atoms with Gasteiger partial charge >= 0.3 is 0 Å². The van der Waals surface area contributed by atoms with E-state index in [1.807, 2.05) is 12.1 Å². The molecule has 0 spiro atoms. The molecule has 3 aromatic rings. The Kier molecular flexibility index (Phi) is 3.12. The molecule has 17 heavy (non-hydrogen) atoms. The van der Waals surface area contributed by atoms with Gasteiger partial charge in [-0.2, -0.15) is 0 Å². The molecule has 0 unspecified atom stereocenters. The zero-order valence-corrected chi connectivity index (χ0v) is 10.8. The van der Waals surface area contributed by atoms with Crippen LogP contribution in [0.25, 0.3) is 10.2 Å². The first-order valence-corrected chi connectivity index (χ1v) is 7.24. The maximum Gasteiger partial charge on any atom is 0.151 e. The Morgan fingerprint density at radius 3 is 2.53 bits per heavy atom. The van der Waals surface area contributed by atoms with Crippen LogP contribution >= 0.6 is 23.1 Å². The Labute approximate surface area is 109 Å². The number of hydrogen-bond acceptors (Lipinski definition) is 3. The summed E-state index contributed by atoms with van der Waals surface area (Å²) in [6.45, 7) is 0. The maximum atomic E-state index is 4.61. The first-order valence-electron chi connectivity index (χ1n) is 5.44. The molecule has 0 N–H and O–H groups in total. The molecule has 0 saturated carbocycles. The van der Waals surface area contributed by atoms with Gasteiger partial charge in [0.2, 0.25) is 0 Å². The van der Waals surface area contributed by atoms with Crippen LogP contribution in [0.5, 0.6) is 0 Å². The van der Waals surface area contributed by atoms with E-state index in [-0.39, 0.29) is 0 Å². The van der Waals surface area contributed by atoms with Crippen molar-refractivity contribution in [1.29, 1.82) is 0 Å². The Bertz CT molecular complexity index is 583. The molecule has 0 amide bonds. The van der Waals surface area contributed by atoms with Gasteiger partial charge in [0.05, 0.1) is 10.2 Å². The topological polar surface area (TPSA) is 12.9 Å². The van der Waals surface area contributed by atoms with Gasteiger partial charge in [-0.3, -0.25) is 0 Å². The summed E-state index contributed by atoms with van der Waals surface area (Å²) in [5.41, 5.74) is 2.45. The van der Waals surface area contributed by atoms with Crippen LogP contribution in [0.15, 0.2) is 58.9 Å². The van der Waals surface area contributed by atoms with Gasteiger partial charge < -0.3 is 0 Å². The SMILES string of the molecule is c1ccc(CSc2nc3ccccc3s2)cc1. The standard InChI is InChI=1S/C14H11NS2/c1-2-6-11(7-3-1)10-16-14-15-12-8-4-5-9-13(12)17-14/h1-9H,10H2. The Balaban J connectivity index is 1.77. The fraction of sp³-hybridized carbons (Fsp3) is 0.0714. The van der Waals surface area contributed by atoms with Gasteiger partial charge in [0, 0.05) is 5.75 Å². The maximum absolute atomic E-state index is 4.61. The summed E-state index contributed by atoms with van der Waals surface area (Å²) in [5, 5.41) is 0. The minimum atomic E-state index is 0.987. The summed E-state index contributed by atoms with van der Waals surface area (Å²) in [7, 11) is 0. The van der Waals surface area contributed by atoms with Crippen molar-refractivity contribution in [3.05, 3.63) is 60.2 Å². The highest BCUT2D eigenvalue weighted by Gasteiger charge is 2.03. The minimum absolute atomic E-state index is 0.987. The smallest absolute Gasteiger partial charge is 0.151 e. The molecule has 0 aliphatic heterocycles. The highest BCUT2D eigenvalue weighted by molar-refractivity contribution is 8.00. The predicted molar refractivity (Wildman–Crippen MR) is 75.6 cm³/mol. The Hall–Kier alpha value is -1.32. The fourth-order valence-corrected chi connectivity index (χ4v) is 3.66. The second-order valence-electron chi connectivity index (χ2n) is 3.72. The number of para-hydroxylation sites is 1. The van der Waals surface area contributed by atoms with E-state index in [1.54, 1.807) is 23.1 Å². The average molecular weight is 257 g/mol. The molecule has 0 saturated heterocycles. The molecule has 3 heteroatoms. The summed E-state index contributed by atoms with van der Waals surface area (Å²) in [4.78, 5) is 4.61. The van der Waals surface area contributed by atoms with E-state index < -0.39 is 0 Å². The number of rotatable bonds is 3. The van der Waals surface area contributed by atoms with Crippen LogP contribution in [0.2, 0.25) is 0 Å². The van der Waals surface area contributed by atoms with Crippen LogP contribution < -0.4 is 0 Å². The number of nitrogens with zero attached hydrogens (tertiary/aromatic N) is 1. The highest BCUT2D eigenvalue weighted by Crippen LogP contribution is 2.31. The van der Waals surface area contributed by atoms with Crippen molar-refractivity contribution in [3.63, 3.8) is 0 Å². The van der Waals surface area contributed by atoms with Crippen LogP contribution in [-0.2, 0) is 5.75 Å². The lowest BCUT2D eigenvalue weighted by Gasteiger charge is -1.97. The molecule has 2 aromatic carbocycles. The molecule has 1 heterocycles. The van der Waals surface area contributed by atoms with Crippen LogP contribution in [0, 0.1) is 0 Å². The third kappa shape index (κ3) is 2.51. The van der Waals surface area contributed by atoms with Crippen LogP contribution in [0.4, 0.5) is 0 Å². The first-order chi connectivity index (χ1) is 8.42. The fourth-order valence-electron chi connectivity index (χ4n) is 1.63. The minimum Gasteiger partial charge on any atom is -0.230 e. The summed E-state index contributed by atoms with van der Waals surface area (Å²) < 4.78 is 2.41. The number of benzene rings is 2. The van der Waals surface area contributed by atoms with Crippen molar-refractivity contribution < 1.29 is 0 Å². The van der Waals surface area contributed by atoms with E-state index in [0.29, 0.717) is 0 Å². The van der Waals surface area contributed by atoms with Gasteiger partial charge in [-0.25, -0.2) is 4.98 Å². The summed E-state index contributed by atoms with van der Waals surface area (Å²) in [6, 6.07) is 18.8. The van der Waals surface area contributed by atoms with Gasteiger partial charge in [-0.1, -0.05) is 54.2 Å². The number of fused-ring (bicyclic) bond motifs is 1. The average Bonchev–Trinajstić information content (AvgIpc) is 2.80. The molecule has 0 radical (unpaired) electrons. The van der Waals surface area contributed by atoms with E-state index in [9.17, 15) is 0 Å². The summed E-state index contributed by atoms with van der Waals surface area (Å²) in [5.74, 6) is 0.987. The molecule has 3 rings (SSSR count). The highest BCUT2D eigenvalue weighted by atomic mass is 32.2. The van der Waals surface area contributed by atoms with Crippen molar-refractivity contribution in [2.45, 2.75) is 10.1 Å². The van der Waals surface area contributed by atoms with Crippen molar-refractivity contribution in [2.75, 3.05) is 0 Å². The molecule has 0 fully saturated rings. The summed E-state index contributed by atoms with van der Waals surface area (Å²) in [6.07, 6.45) is 0. The number of thioether (sulfide) groups is 1. The van der Waals surface area contributed by atoms with E-state index in [4.69, 9.17) is 0 Å². The van der Waals surface area contributed by atoms with E-state index in [2.05, 4.69) is 47.4 Å². The third-order valence-corrected chi connectivity index (χ3v) is 4.73. The van der Waals surface area contributed by atoms with Crippen molar-refractivity contribution in [2.24, 2.45) is 0 Å². The van der Waals surface area contributed by atoms with Gasteiger partial charge in [-0.05, 0) is 17.7 Å². The van der Waals surface area contributed by atoms with Crippen LogP contribution in [0.3, 0.4) is 0 Å². The molecule has 84 valence electrons. The predicted octanol–water partition coefficient (Wildman–Crippen LogP) is 4.59. The molecule has 0 aliphatic carbocycles. The summed E-state index contributed by atoms with van der Waals surface area (Å²) >= 11 is 3.58. The number of aromatic nitrogens is 1. The van der Waals surface area contributed by atoms with Crippen LogP contribution in [-0.4, -0.2) is 4.98 Å². The van der Waals surface area contributed by atoms with E-state index in [1.165, 1.54) is 10.3 Å². The van der Waals surface area contributed by atoms with Gasteiger partial charge in [-0.15, -0.1) is 11.3 Å². The van der Waals surface area contributed by atoms with Crippen molar-refractivity contribution in [3.8, 4) is 0 Å². The lowest BCUT2D eigenvalue weighted by molar-refractivity contribution is 1.29.